The molecule has 1 aromatic carbocycles. The maximum Gasteiger partial charge on any atom is 0.0994 e. The van der Waals surface area contributed by atoms with Crippen LogP contribution in [0, 0.1) is 18.3 Å². The lowest BCUT2D eigenvalue weighted by atomic mass is 10.0. The Balaban J connectivity index is 2.39. The van der Waals surface area contributed by atoms with E-state index in [0.717, 1.165) is 30.4 Å². The van der Waals surface area contributed by atoms with Gasteiger partial charge in [0.15, 0.2) is 0 Å². The Hall–Kier alpha value is -1.55. The van der Waals surface area contributed by atoms with Crippen molar-refractivity contribution in [1.29, 1.82) is 5.26 Å². The predicted octanol–water partition coefficient (Wildman–Crippen LogP) is 4.77. The highest BCUT2D eigenvalue weighted by Crippen LogP contribution is 2.15. The van der Waals surface area contributed by atoms with Crippen molar-refractivity contribution in [2.24, 2.45) is 0 Å². The molecule has 17 heavy (non-hydrogen) atoms. The second kappa shape index (κ2) is 8.58. The van der Waals surface area contributed by atoms with Crippen molar-refractivity contribution in [3.8, 4) is 6.07 Å². The first-order chi connectivity index (χ1) is 8.38. The van der Waals surface area contributed by atoms with E-state index in [4.69, 9.17) is 5.26 Å². The molecule has 0 saturated heterocycles. The van der Waals surface area contributed by atoms with Crippen molar-refractivity contribution >= 4 is 5.57 Å². The molecule has 89 valence electrons. The van der Waals surface area contributed by atoms with E-state index >= 15 is 0 Å². The fourth-order valence-corrected chi connectivity index (χ4v) is 1.77. The normalized spacial score (nSPS) is 11.2. The number of unbranched alkanes of at least 4 members (excludes halogenated alkanes) is 5. The minimum Gasteiger partial charge on any atom is -0.192 e. The topological polar surface area (TPSA) is 23.8 Å². The van der Waals surface area contributed by atoms with Gasteiger partial charge in [-0.15, -0.1) is 0 Å². The summed E-state index contributed by atoms with van der Waals surface area (Å²) in [7, 11) is 0. The van der Waals surface area contributed by atoms with Gasteiger partial charge in [-0.05, 0) is 18.4 Å². The zero-order chi connectivity index (χ0) is 12.3. The summed E-state index contributed by atoms with van der Waals surface area (Å²) in [5, 5.41) is 9.09. The Morgan fingerprint density at radius 2 is 1.82 bits per heavy atom. The lowest BCUT2D eigenvalue weighted by molar-refractivity contribution is 0.652. The molecule has 0 fully saturated rings. The number of hydrogen-bond donors (Lipinski definition) is 0. The smallest absolute Gasteiger partial charge is 0.0994 e. The molecule has 1 aromatic rings. The van der Waals surface area contributed by atoms with Crippen LogP contribution in [0.2, 0.25) is 0 Å². The fraction of sp³-hybridized carbons (Fsp3) is 0.375. The summed E-state index contributed by atoms with van der Waals surface area (Å²) >= 11 is 0. The molecule has 0 amide bonds. The molecule has 0 aliphatic heterocycles. The van der Waals surface area contributed by atoms with Crippen molar-refractivity contribution in [3.05, 3.63) is 48.9 Å². The maximum atomic E-state index is 9.09. The Kier molecular flexibility index (Phi) is 6.82. The van der Waals surface area contributed by atoms with E-state index in [0.29, 0.717) is 0 Å². The molecular weight excluding hydrogens is 206 g/mol. The van der Waals surface area contributed by atoms with E-state index in [1.807, 2.05) is 30.3 Å². The third-order valence-corrected chi connectivity index (χ3v) is 2.76. The third kappa shape index (κ3) is 5.36. The van der Waals surface area contributed by atoms with E-state index in [2.05, 4.69) is 19.1 Å². The molecule has 1 heteroatoms. The molecule has 0 heterocycles. The zero-order valence-electron chi connectivity index (χ0n) is 10.4. The fourth-order valence-electron chi connectivity index (χ4n) is 1.77. The van der Waals surface area contributed by atoms with Crippen molar-refractivity contribution < 1.29 is 0 Å². The van der Waals surface area contributed by atoms with Crippen molar-refractivity contribution in [2.45, 2.75) is 38.5 Å². The lowest BCUT2D eigenvalue weighted by Gasteiger charge is -1.99. The van der Waals surface area contributed by atoms with E-state index in [1.165, 1.54) is 19.3 Å². The predicted molar refractivity (Wildman–Crippen MR) is 73.1 cm³/mol. The summed E-state index contributed by atoms with van der Waals surface area (Å²) in [6.45, 7) is 3.83. The van der Waals surface area contributed by atoms with Gasteiger partial charge in [0.1, 0.15) is 0 Å². The van der Waals surface area contributed by atoms with E-state index < -0.39 is 0 Å². The monoisotopic (exact) mass is 226 g/mol. The molecule has 0 atom stereocenters. The Labute approximate surface area is 105 Å². The van der Waals surface area contributed by atoms with Gasteiger partial charge in [-0.3, -0.25) is 0 Å². The van der Waals surface area contributed by atoms with Crippen LogP contribution in [-0.2, 0) is 0 Å². The van der Waals surface area contributed by atoms with Crippen LogP contribution in [0.3, 0.4) is 0 Å². The quantitative estimate of drug-likeness (QED) is 0.485. The molecule has 0 aliphatic carbocycles. The first kappa shape index (κ1) is 13.5. The molecule has 0 spiro atoms. The van der Waals surface area contributed by atoms with E-state index in [9.17, 15) is 0 Å². The van der Waals surface area contributed by atoms with Gasteiger partial charge < -0.3 is 0 Å². The van der Waals surface area contributed by atoms with E-state index in [1.54, 1.807) is 0 Å². The largest absolute Gasteiger partial charge is 0.192 e. The molecular formula is C16H20N. The summed E-state index contributed by atoms with van der Waals surface area (Å²) < 4.78 is 0. The molecule has 0 unspecified atom stereocenters. The Morgan fingerprint density at radius 1 is 1.12 bits per heavy atom. The molecule has 0 N–H and O–H groups in total. The molecule has 1 rings (SSSR count). The summed E-state index contributed by atoms with van der Waals surface area (Å²) in [6, 6.07) is 12.1. The van der Waals surface area contributed by atoms with Crippen LogP contribution in [-0.4, -0.2) is 0 Å². The van der Waals surface area contributed by atoms with Gasteiger partial charge in [0.2, 0.25) is 0 Å². The minimum atomic E-state index is 0.794. The number of rotatable bonds is 7. The molecule has 1 radical (unpaired) electrons. The second-order valence-corrected chi connectivity index (χ2v) is 4.15. The lowest BCUT2D eigenvalue weighted by Crippen LogP contribution is -1.82. The van der Waals surface area contributed by atoms with Crippen LogP contribution in [0.25, 0.3) is 5.57 Å². The maximum absolute atomic E-state index is 9.09. The highest BCUT2D eigenvalue weighted by Gasteiger charge is 1.98. The van der Waals surface area contributed by atoms with Gasteiger partial charge in [-0.1, -0.05) is 69.0 Å². The SMILES string of the molecule is [CH2]CCCCCCC=C(C#N)c1ccccc1. The van der Waals surface area contributed by atoms with Crippen LogP contribution < -0.4 is 0 Å². The molecule has 0 saturated carbocycles. The van der Waals surface area contributed by atoms with Crippen LogP contribution >= 0.6 is 0 Å². The molecule has 0 bridgehead atoms. The molecule has 0 aliphatic rings. The number of benzene rings is 1. The van der Waals surface area contributed by atoms with Gasteiger partial charge in [-0.2, -0.15) is 5.26 Å². The van der Waals surface area contributed by atoms with Crippen LogP contribution in [0.1, 0.15) is 44.1 Å². The number of allylic oxidation sites excluding steroid dienone is 2. The first-order valence-electron chi connectivity index (χ1n) is 6.33. The standard InChI is InChI=1S/C16H20N/c1-2-3-4-5-6-8-13-16(14-17)15-11-9-7-10-12-15/h7,9-13H,1-6,8H2. The van der Waals surface area contributed by atoms with Crippen molar-refractivity contribution in [2.75, 3.05) is 0 Å². The number of hydrogen-bond acceptors (Lipinski definition) is 1. The van der Waals surface area contributed by atoms with Crippen molar-refractivity contribution in [3.63, 3.8) is 0 Å². The average Bonchev–Trinajstić information content (AvgIpc) is 2.39. The summed E-state index contributed by atoms with van der Waals surface area (Å²) in [4.78, 5) is 0. The van der Waals surface area contributed by atoms with Gasteiger partial charge in [0.25, 0.3) is 0 Å². The molecule has 1 nitrogen and oxygen atoms in total. The Bertz CT molecular complexity index is 370. The first-order valence-corrected chi connectivity index (χ1v) is 6.33. The van der Waals surface area contributed by atoms with E-state index in [-0.39, 0.29) is 0 Å². The highest BCUT2D eigenvalue weighted by molar-refractivity contribution is 5.76. The molecule has 0 aromatic heterocycles. The van der Waals surface area contributed by atoms with Gasteiger partial charge in [0.05, 0.1) is 11.6 Å². The average molecular weight is 226 g/mol. The number of nitrogens with zero attached hydrogens (tertiary/aromatic N) is 1. The van der Waals surface area contributed by atoms with Gasteiger partial charge >= 0.3 is 0 Å². The zero-order valence-corrected chi connectivity index (χ0v) is 10.4. The van der Waals surface area contributed by atoms with Gasteiger partial charge in [-0.25, -0.2) is 0 Å². The highest BCUT2D eigenvalue weighted by atomic mass is 14.2. The van der Waals surface area contributed by atoms with Crippen LogP contribution in [0.15, 0.2) is 36.4 Å². The minimum absolute atomic E-state index is 0.794. The number of nitriles is 1. The summed E-state index contributed by atoms with van der Waals surface area (Å²) in [5.41, 5.74) is 1.82. The Morgan fingerprint density at radius 3 is 2.47 bits per heavy atom. The van der Waals surface area contributed by atoms with Crippen molar-refractivity contribution in [1.82, 2.24) is 0 Å². The summed E-state index contributed by atoms with van der Waals surface area (Å²) in [6.07, 6.45) is 8.95. The van der Waals surface area contributed by atoms with Gasteiger partial charge in [0, 0.05) is 0 Å². The second-order valence-electron chi connectivity index (χ2n) is 4.15. The third-order valence-electron chi connectivity index (χ3n) is 2.76. The van der Waals surface area contributed by atoms with Crippen LogP contribution in [0.4, 0.5) is 0 Å². The van der Waals surface area contributed by atoms with Crippen LogP contribution in [0.5, 0.6) is 0 Å². The summed E-state index contributed by atoms with van der Waals surface area (Å²) in [5.74, 6) is 0.